The third-order valence-corrected chi connectivity index (χ3v) is 3.35. The third kappa shape index (κ3) is 1.69. The SMILES string of the molecule is Cc1cc(N)ccc1-c1nnc2n1CCCC2. The van der Waals surface area contributed by atoms with Crippen molar-refractivity contribution in [3.8, 4) is 11.4 Å². The molecule has 4 heteroatoms. The number of aryl methyl sites for hydroxylation is 2. The van der Waals surface area contributed by atoms with Gasteiger partial charge < -0.3 is 10.3 Å². The zero-order valence-electron chi connectivity index (χ0n) is 9.98. The molecule has 1 aliphatic rings. The summed E-state index contributed by atoms with van der Waals surface area (Å²) in [5.74, 6) is 2.10. The quantitative estimate of drug-likeness (QED) is 0.761. The first-order valence-corrected chi connectivity index (χ1v) is 6.04. The summed E-state index contributed by atoms with van der Waals surface area (Å²) in [4.78, 5) is 0. The van der Waals surface area contributed by atoms with Gasteiger partial charge in [-0.2, -0.15) is 0 Å². The van der Waals surface area contributed by atoms with E-state index in [2.05, 4.69) is 21.7 Å². The van der Waals surface area contributed by atoms with Gasteiger partial charge in [-0.3, -0.25) is 0 Å². The first kappa shape index (κ1) is 10.3. The van der Waals surface area contributed by atoms with Crippen molar-refractivity contribution in [2.24, 2.45) is 0 Å². The van der Waals surface area contributed by atoms with Crippen LogP contribution in [0.25, 0.3) is 11.4 Å². The maximum atomic E-state index is 5.78. The second kappa shape index (κ2) is 3.87. The molecule has 0 saturated heterocycles. The fraction of sp³-hybridized carbons (Fsp3) is 0.385. The minimum Gasteiger partial charge on any atom is -0.399 e. The van der Waals surface area contributed by atoms with Gasteiger partial charge in [-0.15, -0.1) is 10.2 Å². The Kier molecular flexibility index (Phi) is 2.35. The number of hydrogen-bond donors (Lipinski definition) is 1. The summed E-state index contributed by atoms with van der Waals surface area (Å²) in [6.07, 6.45) is 3.48. The van der Waals surface area contributed by atoms with E-state index in [9.17, 15) is 0 Å². The van der Waals surface area contributed by atoms with Crippen LogP contribution in [0, 0.1) is 6.92 Å². The number of rotatable bonds is 1. The van der Waals surface area contributed by atoms with Crippen LogP contribution in [-0.4, -0.2) is 14.8 Å². The van der Waals surface area contributed by atoms with Crippen LogP contribution >= 0.6 is 0 Å². The van der Waals surface area contributed by atoms with Crippen LogP contribution in [0.5, 0.6) is 0 Å². The van der Waals surface area contributed by atoms with E-state index in [1.165, 1.54) is 12.8 Å². The van der Waals surface area contributed by atoms with E-state index in [1.54, 1.807) is 0 Å². The fourth-order valence-electron chi connectivity index (χ4n) is 2.45. The van der Waals surface area contributed by atoms with Gasteiger partial charge in [0.05, 0.1) is 0 Å². The van der Waals surface area contributed by atoms with Crippen LogP contribution in [-0.2, 0) is 13.0 Å². The van der Waals surface area contributed by atoms with Crippen LogP contribution in [0.2, 0.25) is 0 Å². The standard InChI is InChI=1S/C13H16N4/c1-9-8-10(14)5-6-11(9)13-16-15-12-4-2-3-7-17(12)13/h5-6,8H,2-4,7,14H2,1H3. The minimum atomic E-state index is 0.796. The minimum absolute atomic E-state index is 0.796. The first-order chi connectivity index (χ1) is 8.25. The number of nitrogens with zero attached hydrogens (tertiary/aromatic N) is 3. The maximum Gasteiger partial charge on any atom is 0.164 e. The number of hydrogen-bond acceptors (Lipinski definition) is 3. The highest BCUT2D eigenvalue weighted by molar-refractivity contribution is 5.64. The lowest BCUT2D eigenvalue weighted by Gasteiger charge is -2.15. The summed E-state index contributed by atoms with van der Waals surface area (Å²) in [5, 5.41) is 8.61. The van der Waals surface area contributed by atoms with Gasteiger partial charge in [0.1, 0.15) is 5.82 Å². The highest BCUT2D eigenvalue weighted by atomic mass is 15.3. The van der Waals surface area contributed by atoms with Crippen molar-refractivity contribution in [1.82, 2.24) is 14.8 Å². The largest absolute Gasteiger partial charge is 0.399 e. The first-order valence-electron chi connectivity index (χ1n) is 6.04. The Morgan fingerprint density at radius 2 is 2.12 bits per heavy atom. The summed E-state index contributed by atoms with van der Waals surface area (Å²) < 4.78 is 2.24. The number of anilines is 1. The molecule has 2 N–H and O–H groups in total. The summed E-state index contributed by atoms with van der Waals surface area (Å²) in [6.45, 7) is 3.09. The van der Waals surface area contributed by atoms with Gasteiger partial charge in [-0.1, -0.05) is 0 Å². The van der Waals surface area contributed by atoms with E-state index < -0.39 is 0 Å². The lowest BCUT2D eigenvalue weighted by atomic mass is 10.1. The topological polar surface area (TPSA) is 56.7 Å². The molecule has 0 unspecified atom stereocenters. The Morgan fingerprint density at radius 1 is 1.24 bits per heavy atom. The molecule has 0 bridgehead atoms. The summed E-state index contributed by atoms with van der Waals surface area (Å²) in [7, 11) is 0. The third-order valence-electron chi connectivity index (χ3n) is 3.35. The Bertz CT molecular complexity index is 557. The Labute approximate surface area is 100 Å². The molecule has 0 aliphatic carbocycles. The summed E-state index contributed by atoms with van der Waals surface area (Å²) >= 11 is 0. The van der Waals surface area contributed by atoms with Crippen molar-refractivity contribution in [3.63, 3.8) is 0 Å². The highest BCUT2D eigenvalue weighted by Gasteiger charge is 2.17. The van der Waals surface area contributed by atoms with Crippen molar-refractivity contribution in [1.29, 1.82) is 0 Å². The number of nitrogen functional groups attached to an aromatic ring is 1. The molecule has 1 aliphatic heterocycles. The highest BCUT2D eigenvalue weighted by Crippen LogP contribution is 2.26. The second-order valence-electron chi connectivity index (χ2n) is 4.62. The molecule has 0 saturated carbocycles. The van der Waals surface area contributed by atoms with E-state index in [-0.39, 0.29) is 0 Å². The predicted octanol–water partition coefficient (Wildman–Crippen LogP) is 2.17. The lowest BCUT2D eigenvalue weighted by molar-refractivity contribution is 0.526. The summed E-state index contributed by atoms with van der Waals surface area (Å²) in [5.41, 5.74) is 8.87. The molecule has 88 valence electrons. The molecule has 3 rings (SSSR count). The molecule has 0 amide bonds. The van der Waals surface area contributed by atoms with Gasteiger partial charge >= 0.3 is 0 Å². The predicted molar refractivity (Wildman–Crippen MR) is 67.5 cm³/mol. The van der Waals surface area contributed by atoms with E-state index in [1.807, 2.05) is 18.2 Å². The van der Waals surface area contributed by atoms with Gasteiger partial charge in [-0.05, 0) is 43.5 Å². The molecule has 1 aromatic carbocycles. The van der Waals surface area contributed by atoms with E-state index >= 15 is 0 Å². The normalized spacial score (nSPS) is 14.6. The van der Waals surface area contributed by atoms with Gasteiger partial charge in [0.25, 0.3) is 0 Å². The molecule has 1 aromatic heterocycles. The van der Waals surface area contributed by atoms with Crippen molar-refractivity contribution < 1.29 is 0 Å². The van der Waals surface area contributed by atoms with Crippen molar-refractivity contribution in [2.45, 2.75) is 32.7 Å². The molecule has 2 heterocycles. The van der Waals surface area contributed by atoms with Crippen molar-refractivity contribution in [2.75, 3.05) is 5.73 Å². The average Bonchev–Trinajstić information content (AvgIpc) is 2.73. The van der Waals surface area contributed by atoms with Gasteiger partial charge in [0, 0.05) is 24.2 Å². The Balaban J connectivity index is 2.12. The number of fused-ring (bicyclic) bond motifs is 1. The van der Waals surface area contributed by atoms with Gasteiger partial charge in [-0.25, -0.2) is 0 Å². The number of benzene rings is 1. The van der Waals surface area contributed by atoms with Gasteiger partial charge in [0.2, 0.25) is 0 Å². The molecule has 0 radical (unpaired) electrons. The summed E-state index contributed by atoms with van der Waals surface area (Å²) in [6, 6.07) is 5.95. The zero-order valence-corrected chi connectivity index (χ0v) is 9.98. The lowest BCUT2D eigenvalue weighted by Crippen LogP contribution is -2.11. The van der Waals surface area contributed by atoms with E-state index in [4.69, 9.17) is 5.73 Å². The molecule has 0 spiro atoms. The smallest absolute Gasteiger partial charge is 0.164 e. The van der Waals surface area contributed by atoms with Crippen LogP contribution in [0.3, 0.4) is 0 Å². The monoisotopic (exact) mass is 228 g/mol. The van der Waals surface area contributed by atoms with Crippen LogP contribution in [0.1, 0.15) is 24.2 Å². The fourth-order valence-corrected chi connectivity index (χ4v) is 2.45. The van der Waals surface area contributed by atoms with Crippen molar-refractivity contribution >= 4 is 5.69 Å². The van der Waals surface area contributed by atoms with E-state index in [0.717, 1.165) is 41.4 Å². The van der Waals surface area contributed by atoms with Crippen LogP contribution < -0.4 is 5.73 Å². The second-order valence-corrected chi connectivity index (χ2v) is 4.62. The molecule has 2 aromatic rings. The van der Waals surface area contributed by atoms with Gasteiger partial charge in [0.15, 0.2) is 5.82 Å². The number of aromatic nitrogens is 3. The van der Waals surface area contributed by atoms with Crippen LogP contribution in [0.15, 0.2) is 18.2 Å². The van der Waals surface area contributed by atoms with Crippen LogP contribution in [0.4, 0.5) is 5.69 Å². The number of nitrogens with two attached hydrogens (primary N) is 1. The average molecular weight is 228 g/mol. The molecule has 0 atom stereocenters. The Morgan fingerprint density at radius 3 is 2.94 bits per heavy atom. The molecule has 17 heavy (non-hydrogen) atoms. The molecule has 0 fully saturated rings. The Hall–Kier alpha value is -1.84. The zero-order chi connectivity index (χ0) is 11.8. The molecule has 4 nitrogen and oxygen atoms in total. The maximum absolute atomic E-state index is 5.78. The van der Waals surface area contributed by atoms with E-state index in [0.29, 0.717) is 0 Å². The molecular weight excluding hydrogens is 212 g/mol. The van der Waals surface area contributed by atoms with Crippen molar-refractivity contribution in [3.05, 3.63) is 29.6 Å². The molecular formula is C13H16N4.